The number of nitrogens with one attached hydrogen (secondary N) is 1. The Morgan fingerprint density at radius 2 is 1.65 bits per heavy atom. The lowest BCUT2D eigenvalue weighted by molar-refractivity contribution is 1.32. The summed E-state index contributed by atoms with van der Waals surface area (Å²) < 4.78 is 1.07. The monoisotopic (exact) mass is 288 g/mol. The first-order valence-electron chi connectivity index (χ1n) is 5.37. The van der Waals surface area contributed by atoms with E-state index >= 15 is 0 Å². The van der Waals surface area contributed by atoms with Crippen LogP contribution in [0.25, 0.3) is 0 Å². The minimum absolute atomic E-state index is 0.960. The van der Waals surface area contributed by atoms with Gasteiger partial charge in [0, 0.05) is 4.47 Å². The number of nitrogens with zero attached hydrogens (tertiary/aromatic N) is 1. The molecule has 0 radical (unpaired) electrons. The fraction of sp³-hybridized carbons (Fsp3) is 0.0714. The molecule has 0 fully saturated rings. The zero-order valence-electron chi connectivity index (χ0n) is 9.52. The molecule has 0 atom stereocenters. The minimum atomic E-state index is 0.960. The van der Waals surface area contributed by atoms with Crippen molar-refractivity contribution in [3.63, 3.8) is 0 Å². The zero-order valence-corrected chi connectivity index (χ0v) is 11.1. The van der Waals surface area contributed by atoms with Crippen molar-refractivity contribution in [2.75, 3.05) is 5.43 Å². The van der Waals surface area contributed by atoms with E-state index in [0.717, 1.165) is 21.4 Å². The molecule has 17 heavy (non-hydrogen) atoms. The van der Waals surface area contributed by atoms with E-state index in [-0.39, 0.29) is 0 Å². The molecule has 2 aromatic rings. The molecule has 3 heteroatoms. The van der Waals surface area contributed by atoms with Crippen LogP contribution in [0.5, 0.6) is 0 Å². The van der Waals surface area contributed by atoms with E-state index in [9.17, 15) is 0 Å². The van der Waals surface area contributed by atoms with E-state index in [2.05, 4.69) is 26.5 Å². The molecule has 2 nitrogen and oxygen atoms in total. The van der Waals surface area contributed by atoms with E-state index in [0.29, 0.717) is 0 Å². The maximum atomic E-state index is 4.35. The molecule has 2 rings (SSSR count). The van der Waals surface area contributed by atoms with Gasteiger partial charge in [0.2, 0.25) is 0 Å². The van der Waals surface area contributed by atoms with Gasteiger partial charge in [0.05, 0.1) is 11.4 Å². The number of benzene rings is 2. The van der Waals surface area contributed by atoms with Crippen LogP contribution in [0.1, 0.15) is 12.5 Å². The molecule has 0 aliphatic heterocycles. The average Bonchev–Trinajstić information content (AvgIpc) is 2.38. The summed E-state index contributed by atoms with van der Waals surface area (Å²) >= 11 is 3.41. The molecule has 0 bridgehead atoms. The van der Waals surface area contributed by atoms with Crippen molar-refractivity contribution in [1.29, 1.82) is 0 Å². The summed E-state index contributed by atoms with van der Waals surface area (Å²) in [5.41, 5.74) is 6.09. The Balaban J connectivity index is 2.10. The van der Waals surface area contributed by atoms with Crippen LogP contribution in [0.3, 0.4) is 0 Å². The molecule has 86 valence electrons. The average molecular weight is 289 g/mol. The zero-order chi connectivity index (χ0) is 12.1. The van der Waals surface area contributed by atoms with Gasteiger partial charge in [-0.25, -0.2) is 0 Å². The van der Waals surface area contributed by atoms with E-state index in [4.69, 9.17) is 0 Å². The lowest BCUT2D eigenvalue weighted by Gasteiger charge is -2.03. The summed E-state index contributed by atoms with van der Waals surface area (Å²) in [6, 6.07) is 18.0. The van der Waals surface area contributed by atoms with Gasteiger partial charge in [-0.05, 0) is 36.8 Å². The number of halogens is 1. The predicted octanol–water partition coefficient (Wildman–Crippen LogP) is 4.29. The van der Waals surface area contributed by atoms with Gasteiger partial charge in [-0.15, -0.1) is 0 Å². The summed E-state index contributed by atoms with van der Waals surface area (Å²) in [5.74, 6) is 0. The quantitative estimate of drug-likeness (QED) is 0.661. The van der Waals surface area contributed by atoms with Crippen LogP contribution in [-0.2, 0) is 0 Å². The second kappa shape index (κ2) is 5.64. The van der Waals surface area contributed by atoms with E-state index in [1.165, 1.54) is 0 Å². The highest BCUT2D eigenvalue weighted by molar-refractivity contribution is 9.10. The summed E-state index contributed by atoms with van der Waals surface area (Å²) in [6.07, 6.45) is 0. The first kappa shape index (κ1) is 11.9. The Kier molecular flexibility index (Phi) is 3.94. The van der Waals surface area contributed by atoms with Gasteiger partial charge >= 0.3 is 0 Å². The third-order valence-corrected chi connectivity index (χ3v) is 2.92. The maximum absolute atomic E-state index is 4.35. The summed E-state index contributed by atoms with van der Waals surface area (Å²) in [5, 5.41) is 4.35. The highest BCUT2D eigenvalue weighted by Crippen LogP contribution is 2.12. The van der Waals surface area contributed by atoms with Gasteiger partial charge in [0.25, 0.3) is 0 Å². The van der Waals surface area contributed by atoms with Crippen LogP contribution in [0, 0.1) is 0 Å². The van der Waals surface area contributed by atoms with Crippen LogP contribution in [-0.4, -0.2) is 5.71 Å². The van der Waals surface area contributed by atoms with Crippen molar-refractivity contribution in [2.45, 2.75) is 6.92 Å². The van der Waals surface area contributed by atoms with Crippen molar-refractivity contribution >= 4 is 27.3 Å². The Labute approximate surface area is 110 Å². The highest BCUT2D eigenvalue weighted by Gasteiger charge is 1.96. The molecule has 0 aliphatic rings. The number of para-hydroxylation sites is 1. The number of hydrogen-bond donors (Lipinski definition) is 1. The molecule has 1 N–H and O–H groups in total. The van der Waals surface area contributed by atoms with Crippen LogP contribution in [0.15, 0.2) is 64.2 Å². The fourth-order valence-electron chi connectivity index (χ4n) is 1.42. The van der Waals surface area contributed by atoms with Crippen molar-refractivity contribution in [3.8, 4) is 0 Å². The molecule has 2 aromatic carbocycles. The van der Waals surface area contributed by atoms with Gasteiger partial charge in [-0.2, -0.15) is 5.10 Å². The first-order valence-corrected chi connectivity index (χ1v) is 6.16. The van der Waals surface area contributed by atoms with Gasteiger partial charge < -0.3 is 0 Å². The molecule has 0 amide bonds. The van der Waals surface area contributed by atoms with Crippen molar-refractivity contribution in [1.82, 2.24) is 0 Å². The Morgan fingerprint density at radius 3 is 2.29 bits per heavy atom. The van der Waals surface area contributed by atoms with Gasteiger partial charge in [0.15, 0.2) is 0 Å². The summed E-state index contributed by atoms with van der Waals surface area (Å²) in [6.45, 7) is 1.99. The molecule has 0 aliphatic carbocycles. The Morgan fingerprint density at radius 1 is 1.00 bits per heavy atom. The van der Waals surface area contributed by atoms with Gasteiger partial charge in [0.1, 0.15) is 0 Å². The smallest absolute Gasteiger partial charge is 0.0648 e. The van der Waals surface area contributed by atoms with Crippen LogP contribution >= 0.6 is 15.9 Å². The van der Waals surface area contributed by atoms with E-state index < -0.39 is 0 Å². The molecule has 0 unspecified atom stereocenters. The number of rotatable bonds is 3. The van der Waals surface area contributed by atoms with E-state index in [1.54, 1.807) is 0 Å². The predicted molar refractivity (Wildman–Crippen MR) is 76.4 cm³/mol. The lowest BCUT2D eigenvalue weighted by atomic mass is 10.1. The number of hydrogen-bond acceptors (Lipinski definition) is 2. The minimum Gasteiger partial charge on any atom is -0.278 e. The lowest BCUT2D eigenvalue weighted by Crippen LogP contribution is -1.99. The number of anilines is 1. The molecule has 0 heterocycles. The SMILES string of the molecule is CC(=NNc1ccccc1)c1ccc(Br)cc1. The second-order valence-corrected chi connectivity index (χ2v) is 4.60. The standard InChI is InChI=1S/C14H13BrN2/c1-11(12-7-9-13(15)10-8-12)16-17-14-5-3-2-4-6-14/h2-10,17H,1H3. The number of hydrazone groups is 1. The molecular formula is C14H13BrN2. The van der Waals surface area contributed by atoms with Crippen LogP contribution in [0.4, 0.5) is 5.69 Å². The molecule has 0 saturated carbocycles. The highest BCUT2D eigenvalue weighted by atomic mass is 79.9. The maximum Gasteiger partial charge on any atom is 0.0648 e. The summed E-state index contributed by atoms with van der Waals surface area (Å²) in [4.78, 5) is 0. The molecule has 0 spiro atoms. The fourth-order valence-corrected chi connectivity index (χ4v) is 1.68. The van der Waals surface area contributed by atoms with Crippen LogP contribution in [0.2, 0.25) is 0 Å². The van der Waals surface area contributed by atoms with Crippen LogP contribution < -0.4 is 5.43 Å². The largest absolute Gasteiger partial charge is 0.278 e. The third-order valence-electron chi connectivity index (χ3n) is 2.39. The van der Waals surface area contributed by atoms with Crippen molar-refractivity contribution in [3.05, 3.63) is 64.6 Å². The van der Waals surface area contributed by atoms with E-state index in [1.807, 2.05) is 61.5 Å². The topological polar surface area (TPSA) is 24.4 Å². The van der Waals surface area contributed by atoms with Crippen molar-refractivity contribution in [2.24, 2.45) is 5.10 Å². The van der Waals surface area contributed by atoms with Gasteiger partial charge in [-0.1, -0.05) is 46.3 Å². The first-order chi connectivity index (χ1) is 8.25. The van der Waals surface area contributed by atoms with Gasteiger partial charge in [-0.3, -0.25) is 5.43 Å². The molecular weight excluding hydrogens is 276 g/mol. The van der Waals surface area contributed by atoms with Crippen molar-refractivity contribution < 1.29 is 0 Å². The Bertz CT molecular complexity index is 504. The molecule has 0 saturated heterocycles. The Hall–Kier alpha value is -1.61. The normalized spacial score (nSPS) is 11.3. The summed E-state index contributed by atoms with van der Waals surface area (Å²) in [7, 11) is 0. The molecule has 0 aromatic heterocycles. The second-order valence-electron chi connectivity index (χ2n) is 3.68. The third kappa shape index (κ3) is 3.43.